The van der Waals surface area contributed by atoms with Crippen molar-refractivity contribution in [2.45, 2.75) is 6.04 Å². The fraction of sp³-hybridized carbons (Fsp3) is 0.231. The molecule has 0 aliphatic carbocycles. The number of hydrogen-bond acceptors (Lipinski definition) is 5. The zero-order chi connectivity index (χ0) is 13.2. The Balaban J connectivity index is 2.07. The van der Waals surface area contributed by atoms with Gasteiger partial charge >= 0.3 is 0 Å². The van der Waals surface area contributed by atoms with Gasteiger partial charge in [-0.2, -0.15) is 0 Å². The Morgan fingerprint density at radius 1 is 1.26 bits per heavy atom. The van der Waals surface area contributed by atoms with Crippen molar-refractivity contribution >= 4 is 22.9 Å². The SMILES string of the molecule is NNC(c1cccc2c1OCCO2)c1sccc1Cl. The Kier molecular flexibility index (Phi) is 3.61. The molecule has 0 fully saturated rings. The van der Waals surface area contributed by atoms with Gasteiger partial charge in [0, 0.05) is 10.4 Å². The van der Waals surface area contributed by atoms with Gasteiger partial charge in [-0.1, -0.05) is 23.7 Å². The third-order valence-electron chi connectivity index (χ3n) is 2.98. The van der Waals surface area contributed by atoms with Gasteiger partial charge in [-0.15, -0.1) is 11.3 Å². The highest BCUT2D eigenvalue weighted by atomic mass is 35.5. The van der Waals surface area contributed by atoms with Gasteiger partial charge in [0.25, 0.3) is 0 Å². The Morgan fingerprint density at radius 2 is 2.11 bits per heavy atom. The number of hydrogen-bond donors (Lipinski definition) is 2. The van der Waals surface area contributed by atoms with Crippen LogP contribution in [-0.4, -0.2) is 13.2 Å². The molecule has 1 aliphatic heterocycles. The number of rotatable bonds is 3. The fourth-order valence-corrected chi connectivity index (χ4v) is 3.38. The van der Waals surface area contributed by atoms with Gasteiger partial charge in [-0.3, -0.25) is 5.84 Å². The maximum absolute atomic E-state index is 6.19. The van der Waals surface area contributed by atoms with Gasteiger partial charge < -0.3 is 9.47 Å². The Morgan fingerprint density at radius 3 is 2.84 bits per heavy atom. The summed E-state index contributed by atoms with van der Waals surface area (Å²) in [6, 6.07) is 7.44. The summed E-state index contributed by atoms with van der Waals surface area (Å²) in [7, 11) is 0. The highest BCUT2D eigenvalue weighted by molar-refractivity contribution is 7.10. The zero-order valence-electron chi connectivity index (χ0n) is 10.1. The molecular formula is C13H13ClN2O2S. The molecule has 1 aromatic heterocycles. The first kappa shape index (κ1) is 12.7. The third kappa shape index (κ3) is 2.30. The molecule has 0 bridgehead atoms. The van der Waals surface area contributed by atoms with Gasteiger partial charge in [0.05, 0.1) is 11.1 Å². The lowest BCUT2D eigenvalue weighted by molar-refractivity contribution is 0.169. The van der Waals surface area contributed by atoms with Gasteiger partial charge in [0.2, 0.25) is 0 Å². The molecule has 2 aromatic rings. The van der Waals surface area contributed by atoms with Crippen LogP contribution in [0.3, 0.4) is 0 Å². The minimum Gasteiger partial charge on any atom is -0.486 e. The predicted molar refractivity (Wildman–Crippen MR) is 75.9 cm³/mol. The first-order valence-corrected chi connectivity index (χ1v) is 7.14. The number of thiophene rings is 1. The quantitative estimate of drug-likeness (QED) is 0.675. The van der Waals surface area contributed by atoms with E-state index in [1.165, 1.54) is 0 Å². The van der Waals surface area contributed by atoms with E-state index >= 15 is 0 Å². The van der Waals surface area contributed by atoms with Crippen LogP contribution in [0.5, 0.6) is 11.5 Å². The van der Waals surface area contributed by atoms with Crippen molar-refractivity contribution in [1.29, 1.82) is 0 Å². The minimum atomic E-state index is -0.204. The summed E-state index contributed by atoms with van der Waals surface area (Å²) in [5.41, 5.74) is 3.74. The van der Waals surface area contributed by atoms with E-state index in [2.05, 4.69) is 5.43 Å². The molecule has 2 heterocycles. The van der Waals surface area contributed by atoms with E-state index < -0.39 is 0 Å². The Labute approximate surface area is 120 Å². The summed E-state index contributed by atoms with van der Waals surface area (Å²) in [4.78, 5) is 0.965. The molecule has 0 saturated heterocycles. The fourth-order valence-electron chi connectivity index (χ4n) is 2.14. The molecule has 0 spiro atoms. The van der Waals surface area contributed by atoms with E-state index in [1.54, 1.807) is 11.3 Å². The van der Waals surface area contributed by atoms with Crippen LogP contribution >= 0.6 is 22.9 Å². The summed E-state index contributed by atoms with van der Waals surface area (Å²) in [5.74, 6) is 7.18. The molecule has 19 heavy (non-hydrogen) atoms. The largest absolute Gasteiger partial charge is 0.486 e. The highest BCUT2D eigenvalue weighted by Gasteiger charge is 2.24. The second-order valence-electron chi connectivity index (χ2n) is 4.10. The number of ether oxygens (including phenoxy) is 2. The van der Waals surface area contributed by atoms with Crippen LogP contribution in [0.25, 0.3) is 0 Å². The normalized spacial score (nSPS) is 15.3. The predicted octanol–water partition coefficient (Wildman–Crippen LogP) is 2.73. The summed E-state index contributed by atoms with van der Waals surface area (Å²) in [6.07, 6.45) is 0. The highest BCUT2D eigenvalue weighted by Crippen LogP contribution is 2.41. The first-order chi connectivity index (χ1) is 9.31. The molecule has 0 amide bonds. The van der Waals surface area contributed by atoms with Crippen LogP contribution in [0, 0.1) is 0 Å². The maximum atomic E-state index is 6.19. The Hall–Kier alpha value is -1.27. The topological polar surface area (TPSA) is 56.5 Å². The van der Waals surface area contributed by atoms with Crippen molar-refractivity contribution in [3.63, 3.8) is 0 Å². The summed E-state index contributed by atoms with van der Waals surface area (Å²) < 4.78 is 11.3. The summed E-state index contributed by atoms with van der Waals surface area (Å²) >= 11 is 7.75. The van der Waals surface area contributed by atoms with E-state index in [0.717, 1.165) is 21.9 Å². The molecular weight excluding hydrogens is 284 g/mol. The lowest BCUT2D eigenvalue weighted by Gasteiger charge is -2.24. The van der Waals surface area contributed by atoms with Crippen molar-refractivity contribution in [1.82, 2.24) is 5.43 Å². The van der Waals surface area contributed by atoms with E-state index in [0.29, 0.717) is 18.2 Å². The van der Waals surface area contributed by atoms with Gasteiger partial charge in [0.1, 0.15) is 13.2 Å². The second kappa shape index (κ2) is 5.38. The number of nitrogens with one attached hydrogen (secondary N) is 1. The van der Waals surface area contributed by atoms with Crippen LogP contribution in [0.2, 0.25) is 5.02 Å². The van der Waals surface area contributed by atoms with Crippen molar-refractivity contribution in [3.05, 3.63) is 45.1 Å². The third-order valence-corrected chi connectivity index (χ3v) is 4.40. The van der Waals surface area contributed by atoms with Gasteiger partial charge in [-0.25, -0.2) is 5.43 Å². The Bertz CT molecular complexity index is 588. The maximum Gasteiger partial charge on any atom is 0.166 e. The smallest absolute Gasteiger partial charge is 0.166 e. The lowest BCUT2D eigenvalue weighted by atomic mass is 10.0. The number of hydrazine groups is 1. The van der Waals surface area contributed by atoms with Crippen molar-refractivity contribution in [3.8, 4) is 11.5 Å². The van der Waals surface area contributed by atoms with E-state index in [9.17, 15) is 0 Å². The molecule has 1 aromatic carbocycles. The number of fused-ring (bicyclic) bond motifs is 1. The molecule has 1 atom stereocenters. The monoisotopic (exact) mass is 296 g/mol. The van der Waals surface area contributed by atoms with E-state index in [1.807, 2.05) is 29.6 Å². The van der Waals surface area contributed by atoms with Gasteiger partial charge in [-0.05, 0) is 17.5 Å². The van der Waals surface area contributed by atoms with E-state index in [4.69, 9.17) is 26.9 Å². The van der Waals surface area contributed by atoms with Crippen LogP contribution in [0.4, 0.5) is 0 Å². The molecule has 1 unspecified atom stereocenters. The van der Waals surface area contributed by atoms with Crippen LogP contribution in [0.1, 0.15) is 16.5 Å². The van der Waals surface area contributed by atoms with E-state index in [-0.39, 0.29) is 6.04 Å². The zero-order valence-corrected chi connectivity index (χ0v) is 11.6. The van der Waals surface area contributed by atoms with Crippen molar-refractivity contribution < 1.29 is 9.47 Å². The average molecular weight is 297 g/mol. The molecule has 1 aliphatic rings. The van der Waals surface area contributed by atoms with Gasteiger partial charge in [0.15, 0.2) is 11.5 Å². The molecule has 6 heteroatoms. The molecule has 4 nitrogen and oxygen atoms in total. The number of nitrogens with two attached hydrogens (primary N) is 1. The number of benzene rings is 1. The molecule has 0 saturated carbocycles. The standard InChI is InChI=1S/C13H13ClN2O2S/c14-9-4-7-19-13(9)11(16-15)8-2-1-3-10-12(8)18-6-5-17-10/h1-4,7,11,16H,5-6,15H2. The summed E-state index contributed by atoms with van der Waals surface area (Å²) in [5, 5.41) is 2.64. The van der Waals surface area contributed by atoms with Crippen LogP contribution < -0.4 is 20.7 Å². The van der Waals surface area contributed by atoms with Crippen LogP contribution in [0.15, 0.2) is 29.6 Å². The minimum absolute atomic E-state index is 0.204. The van der Waals surface area contributed by atoms with Crippen LogP contribution in [-0.2, 0) is 0 Å². The summed E-state index contributed by atoms with van der Waals surface area (Å²) in [6.45, 7) is 1.11. The number of para-hydroxylation sites is 1. The molecule has 0 radical (unpaired) electrons. The molecule has 3 rings (SSSR count). The number of halogens is 1. The van der Waals surface area contributed by atoms with Crippen molar-refractivity contribution in [2.24, 2.45) is 5.84 Å². The second-order valence-corrected chi connectivity index (χ2v) is 5.46. The first-order valence-electron chi connectivity index (χ1n) is 5.89. The lowest BCUT2D eigenvalue weighted by Crippen LogP contribution is -2.29. The molecule has 100 valence electrons. The average Bonchev–Trinajstić information content (AvgIpc) is 2.86. The van der Waals surface area contributed by atoms with Crippen molar-refractivity contribution in [2.75, 3.05) is 13.2 Å². The molecule has 3 N–H and O–H groups in total.